The summed E-state index contributed by atoms with van der Waals surface area (Å²) >= 11 is 0. The minimum Gasteiger partial charge on any atom is -0.444 e. The highest BCUT2D eigenvalue weighted by Gasteiger charge is 2.35. The van der Waals surface area contributed by atoms with Crippen LogP contribution in [0.25, 0.3) is 0 Å². The monoisotopic (exact) mass is 292 g/mol. The minimum absolute atomic E-state index is 0.127. The van der Waals surface area contributed by atoms with Crippen molar-refractivity contribution in [3.63, 3.8) is 0 Å². The molecule has 21 heavy (non-hydrogen) atoms. The molecule has 2 N–H and O–H groups in total. The lowest BCUT2D eigenvalue weighted by Gasteiger charge is -2.24. The number of β-amino-alcohol motifs (C(OH)–C–C–N with tert-alkyl or cyclic N) is 1. The SMILES string of the molecule is CC(C)(C)OC(=O)N1CC(O)[C@@H](NCc2ccccc2)C1. The molecule has 116 valence electrons. The third kappa shape index (κ3) is 4.72. The van der Waals surface area contributed by atoms with Crippen molar-refractivity contribution in [2.45, 2.75) is 45.1 Å². The van der Waals surface area contributed by atoms with Crippen LogP contribution in [0.2, 0.25) is 0 Å². The summed E-state index contributed by atoms with van der Waals surface area (Å²) in [6.45, 7) is 6.95. The third-order valence-corrected chi connectivity index (χ3v) is 3.35. The first-order valence-electron chi connectivity index (χ1n) is 7.28. The van der Waals surface area contributed by atoms with Crippen LogP contribution in [0, 0.1) is 0 Å². The lowest BCUT2D eigenvalue weighted by Crippen LogP contribution is -2.39. The molecule has 1 saturated heterocycles. The van der Waals surface area contributed by atoms with E-state index >= 15 is 0 Å². The largest absolute Gasteiger partial charge is 0.444 e. The van der Waals surface area contributed by atoms with E-state index in [1.165, 1.54) is 0 Å². The Morgan fingerprint density at radius 2 is 2.00 bits per heavy atom. The summed E-state index contributed by atoms with van der Waals surface area (Å²) in [5.41, 5.74) is 0.637. The molecule has 2 atom stereocenters. The maximum atomic E-state index is 12.0. The molecule has 2 rings (SSSR count). The van der Waals surface area contributed by atoms with Gasteiger partial charge < -0.3 is 20.1 Å². The van der Waals surface area contributed by atoms with Gasteiger partial charge in [0.15, 0.2) is 0 Å². The number of amides is 1. The van der Waals surface area contributed by atoms with Crippen LogP contribution in [0.15, 0.2) is 30.3 Å². The average Bonchev–Trinajstić information content (AvgIpc) is 2.77. The van der Waals surface area contributed by atoms with Gasteiger partial charge in [-0.1, -0.05) is 30.3 Å². The van der Waals surface area contributed by atoms with Crippen molar-refractivity contribution in [1.29, 1.82) is 0 Å². The van der Waals surface area contributed by atoms with E-state index < -0.39 is 11.7 Å². The van der Waals surface area contributed by atoms with Crippen LogP contribution in [0.1, 0.15) is 26.3 Å². The molecule has 1 unspecified atom stereocenters. The Balaban J connectivity index is 1.85. The van der Waals surface area contributed by atoms with Crippen LogP contribution in [-0.2, 0) is 11.3 Å². The van der Waals surface area contributed by atoms with Crippen molar-refractivity contribution in [3.05, 3.63) is 35.9 Å². The van der Waals surface area contributed by atoms with Crippen molar-refractivity contribution >= 4 is 6.09 Å². The van der Waals surface area contributed by atoms with Gasteiger partial charge in [-0.15, -0.1) is 0 Å². The van der Waals surface area contributed by atoms with E-state index in [4.69, 9.17) is 4.74 Å². The number of nitrogens with one attached hydrogen (secondary N) is 1. The van der Waals surface area contributed by atoms with Crippen LogP contribution in [0.5, 0.6) is 0 Å². The van der Waals surface area contributed by atoms with Crippen LogP contribution in [0.3, 0.4) is 0 Å². The van der Waals surface area contributed by atoms with Gasteiger partial charge in [-0.05, 0) is 26.3 Å². The highest BCUT2D eigenvalue weighted by molar-refractivity contribution is 5.68. The lowest BCUT2D eigenvalue weighted by molar-refractivity contribution is 0.0270. The van der Waals surface area contributed by atoms with Crippen LogP contribution < -0.4 is 5.32 Å². The Hall–Kier alpha value is -1.59. The van der Waals surface area contributed by atoms with Gasteiger partial charge in [0.25, 0.3) is 0 Å². The molecule has 1 amide bonds. The summed E-state index contributed by atoms with van der Waals surface area (Å²) in [7, 11) is 0. The number of nitrogens with zero attached hydrogens (tertiary/aromatic N) is 1. The van der Waals surface area contributed by atoms with Crippen LogP contribution >= 0.6 is 0 Å². The summed E-state index contributed by atoms with van der Waals surface area (Å²) in [4.78, 5) is 13.5. The molecule has 1 aromatic carbocycles. The fourth-order valence-electron chi connectivity index (χ4n) is 2.31. The smallest absolute Gasteiger partial charge is 0.410 e. The van der Waals surface area contributed by atoms with Crippen molar-refractivity contribution in [3.8, 4) is 0 Å². The average molecular weight is 292 g/mol. The van der Waals surface area contributed by atoms with Crippen molar-refractivity contribution in [2.75, 3.05) is 13.1 Å². The third-order valence-electron chi connectivity index (χ3n) is 3.35. The van der Waals surface area contributed by atoms with Crippen LogP contribution in [0.4, 0.5) is 4.79 Å². The highest BCUT2D eigenvalue weighted by Crippen LogP contribution is 2.16. The predicted molar refractivity (Wildman–Crippen MR) is 80.9 cm³/mol. The number of likely N-dealkylation sites (tertiary alicyclic amines) is 1. The molecule has 1 fully saturated rings. The number of rotatable bonds is 3. The Labute approximate surface area is 125 Å². The molecule has 1 aliphatic heterocycles. The number of hydrogen-bond acceptors (Lipinski definition) is 4. The van der Waals surface area contributed by atoms with Crippen molar-refractivity contribution < 1.29 is 14.6 Å². The van der Waals surface area contributed by atoms with Gasteiger partial charge in [-0.2, -0.15) is 0 Å². The van der Waals surface area contributed by atoms with Gasteiger partial charge >= 0.3 is 6.09 Å². The zero-order valence-electron chi connectivity index (χ0n) is 12.9. The van der Waals surface area contributed by atoms with Gasteiger partial charge in [0.1, 0.15) is 5.60 Å². The summed E-state index contributed by atoms with van der Waals surface area (Å²) in [5.74, 6) is 0. The van der Waals surface area contributed by atoms with E-state index in [0.717, 1.165) is 5.56 Å². The Kier molecular flexibility index (Phi) is 4.85. The molecule has 1 aliphatic rings. The maximum absolute atomic E-state index is 12.0. The first-order valence-corrected chi connectivity index (χ1v) is 7.28. The van der Waals surface area contributed by atoms with E-state index in [1.807, 2.05) is 51.1 Å². The van der Waals surface area contributed by atoms with Crippen molar-refractivity contribution in [2.24, 2.45) is 0 Å². The predicted octanol–water partition coefficient (Wildman–Crippen LogP) is 1.76. The first-order chi connectivity index (χ1) is 9.85. The first kappa shape index (κ1) is 15.8. The molecule has 0 aliphatic carbocycles. The molecule has 1 heterocycles. The standard InChI is InChI=1S/C16H24N2O3/c1-16(2,3)21-15(20)18-10-13(14(19)11-18)17-9-12-7-5-4-6-8-12/h4-8,13-14,17,19H,9-11H2,1-3H3/t13-,14?/m0/s1. The molecule has 0 spiro atoms. The summed E-state index contributed by atoms with van der Waals surface area (Å²) in [6.07, 6.45) is -0.938. The maximum Gasteiger partial charge on any atom is 0.410 e. The second-order valence-corrected chi connectivity index (χ2v) is 6.43. The topological polar surface area (TPSA) is 61.8 Å². The lowest BCUT2D eigenvalue weighted by atomic mass is 10.2. The van der Waals surface area contributed by atoms with Gasteiger partial charge in [0, 0.05) is 13.1 Å². The molecular formula is C16H24N2O3. The Morgan fingerprint density at radius 3 is 2.62 bits per heavy atom. The zero-order chi connectivity index (χ0) is 15.5. The summed E-state index contributed by atoms with van der Waals surface area (Å²) in [6, 6.07) is 9.86. The van der Waals surface area contributed by atoms with E-state index in [0.29, 0.717) is 19.6 Å². The van der Waals surface area contributed by atoms with E-state index in [-0.39, 0.29) is 12.1 Å². The number of ether oxygens (including phenoxy) is 1. The molecule has 1 aromatic rings. The number of benzene rings is 1. The van der Waals surface area contributed by atoms with Gasteiger partial charge in [-0.3, -0.25) is 0 Å². The van der Waals surface area contributed by atoms with Gasteiger partial charge in [0.05, 0.1) is 18.7 Å². The molecule has 5 nitrogen and oxygen atoms in total. The molecular weight excluding hydrogens is 268 g/mol. The molecule has 0 aromatic heterocycles. The van der Waals surface area contributed by atoms with Crippen molar-refractivity contribution in [1.82, 2.24) is 10.2 Å². The highest BCUT2D eigenvalue weighted by atomic mass is 16.6. The van der Waals surface area contributed by atoms with E-state index in [1.54, 1.807) is 4.90 Å². The Morgan fingerprint density at radius 1 is 1.33 bits per heavy atom. The fourth-order valence-corrected chi connectivity index (χ4v) is 2.31. The van der Waals surface area contributed by atoms with Crippen LogP contribution in [-0.4, -0.2) is 46.9 Å². The number of aliphatic hydroxyl groups is 1. The minimum atomic E-state index is -0.568. The summed E-state index contributed by atoms with van der Waals surface area (Å²) < 4.78 is 5.33. The number of aliphatic hydroxyl groups excluding tert-OH is 1. The summed E-state index contributed by atoms with van der Waals surface area (Å²) in [5, 5.41) is 13.4. The Bertz CT molecular complexity index is 470. The fraction of sp³-hybridized carbons (Fsp3) is 0.562. The second-order valence-electron chi connectivity index (χ2n) is 6.43. The van der Waals surface area contributed by atoms with Gasteiger partial charge in [-0.25, -0.2) is 4.79 Å². The number of hydrogen-bond donors (Lipinski definition) is 2. The molecule has 0 bridgehead atoms. The quantitative estimate of drug-likeness (QED) is 0.891. The number of carbonyl (C=O) groups excluding carboxylic acids is 1. The van der Waals surface area contributed by atoms with E-state index in [9.17, 15) is 9.90 Å². The molecule has 5 heteroatoms. The zero-order valence-corrected chi connectivity index (χ0v) is 12.9. The molecule has 0 saturated carbocycles. The molecule has 0 radical (unpaired) electrons. The number of carbonyl (C=O) groups is 1. The normalized spacial score (nSPS) is 22.4. The second kappa shape index (κ2) is 6.45. The van der Waals surface area contributed by atoms with Gasteiger partial charge in [0.2, 0.25) is 0 Å². The van der Waals surface area contributed by atoms with E-state index in [2.05, 4.69) is 5.32 Å².